The number of hydrogen-bond acceptors (Lipinski definition) is 2. The van der Waals surface area contributed by atoms with E-state index in [1.165, 1.54) is 11.1 Å². The van der Waals surface area contributed by atoms with Crippen molar-refractivity contribution in [3.63, 3.8) is 0 Å². The summed E-state index contributed by atoms with van der Waals surface area (Å²) in [6.07, 6.45) is 2.31. The molecule has 0 saturated carbocycles. The topological polar surface area (TPSA) is 18.5 Å². The van der Waals surface area contributed by atoms with Crippen molar-refractivity contribution in [2.45, 2.75) is 45.0 Å². The van der Waals surface area contributed by atoms with Gasteiger partial charge in [-0.25, -0.2) is 0 Å². The van der Waals surface area contributed by atoms with Crippen molar-refractivity contribution in [2.24, 2.45) is 0 Å². The van der Waals surface area contributed by atoms with Gasteiger partial charge in [-0.2, -0.15) is 0 Å². The van der Waals surface area contributed by atoms with E-state index in [9.17, 15) is 0 Å². The molecule has 2 rings (SSSR count). The average molecular weight is 290 g/mol. The zero-order chi connectivity index (χ0) is 14.8. The SMILES string of the molecule is CC(C)(C)[Si](C)(C)OCC1C=C(c2ccccc2)CO1. The fourth-order valence-electron chi connectivity index (χ4n) is 1.95. The quantitative estimate of drug-likeness (QED) is 0.761. The van der Waals surface area contributed by atoms with Crippen LogP contribution in [0.3, 0.4) is 0 Å². The average Bonchev–Trinajstić information content (AvgIpc) is 2.85. The lowest BCUT2D eigenvalue weighted by molar-refractivity contribution is 0.0799. The molecule has 3 heteroatoms. The highest BCUT2D eigenvalue weighted by atomic mass is 28.4. The predicted octanol–water partition coefficient (Wildman–Crippen LogP) is 4.49. The van der Waals surface area contributed by atoms with Crippen molar-refractivity contribution in [2.75, 3.05) is 13.2 Å². The maximum atomic E-state index is 6.23. The molecule has 0 N–H and O–H groups in total. The summed E-state index contributed by atoms with van der Waals surface area (Å²) < 4.78 is 12.1. The van der Waals surface area contributed by atoms with Gasteiger partial charge in [0.05, 0.1) is 19.3 Å². The first kappa shape index (κ1) is 15.5. The Labute approximate surface area is 123 Å². The van der Waals surface area contributed by atoms with Crippen molar-refractivity contribution in [3.8, 4) is 0 Å². The van der Waals surface area contributed by atoms with Gasteiger partial charge < -0.3 is 9.16 Å². The van der Waals surface area contributed by atoms with Crippen LogP contribution in [0.2, 0.25) is 18.1 Å². The Morgan fingerprint density at radius 3 is 2.45 bits per heavy atom. The molecule has 0 amide bonds. The van der Waals surface area contributed by atoms with Crippen LogP contribution in [-0.4, -0.2) is 27.6 Å². The monoisotopic (exact) mass is 290 g/mol. The summed E-state index contributed by atoms with van der Waals surface area (Å²) >= 11 is 0. The Morgan fingerprint density at radius 2 is 1.85 bits per heavy atom. The van der Waals surface area contributed by atoms with Gasteiger partial charge in [0.25, 0.3) is 0 Å². The van der Waals surface area contributed by atoms with E-state index in [2.05, 4.69) is 64.2 Å². The van der Waals surface area contributed by atoms with Gasteiger partial charge in [0.15, 0.2) is 8.32 Å². The highest BCUT2D eigenvalue weighted by molar-refractivity contribution is 6.74. The van der Waals surface area contributed by atoms with Crippen LogP contribution in [0.15, 0.2) is 36.4 Å². The summed E-state index contributed by atoms with van der Waals surface area (Å²) in [6, 6.07) is 10.4. The molecule has 1 aliphatic heterocycles. The van der Waals surface area contributed by atoms with Crippen LogP contribution < -0.4 is 0 Å². The third-order valence-corrected chi connectivity index (χ3v) is 8.90. The van der Waals surface area contributed by atoms with Gasteiger partial charge >= 0.3 is 0 Å². The standard InChI is InChI=1S/C17H26O2Si/c1-17(2,3)20(4,5)19-13-16-11-15(12-18-16)14-9-7-6-8-10-14/h6-11,16H,12-13H2,1-5H3. The molecule has 0 aliphatic carbocycles. The summed E-state index contributed by atoms with van der Waals surface area (Å²) in [5, 5.41) is 0.248. The molecule has 1 atom stereocenters. The first-order chi connectivity index (χ1) is 9.29. The molecule has 1 aromatic rings. The largest absolute Gasteiger partial charge is 0.414 e. The second-order valence-corrected chi connectivity index (χ2v) is 11.8. The summed E-state index contributed by atoms with van der Waals surface area (Å²) in [5.41, 5.74) is 2.52. The minimum Gasteiger partial charge on any atom is -0.414 e. The molecule has 2 nitrogen and oxygen atoms in total. The molecule has 0 bridgehead atoms. The maximum Gasteiger partial charge on any atom is 0.192 e. The van der Waals surface area contributed by atoms with Crippen LogP contribution in [0.25, 0.3) is 5.57 Å². The Kier molecular flexibility index (Phi) is 4.52. The maximum absolute atomic E-state index is 6.23. The molecule has 1 unspecified atom stereocenters. The lowest BCUT2D eigenvalue weighted by Gasteiger charge is -2.36. The van der Waals surface area contributed by atoms with Crippen molar-refractivity contribution >= 4 is 13.9 Å². The summed E-state index contributed by atoms with van der Waals surface area (Å²) in [4.78, 5) is 0. The van der Waals surface area contributed by atoms with Gasteiger partial charge in [-0.15, -0.1) is 0 Å². The van der Waals surface area contributed by atoms with Crippen LogP contribution >= 0.6 is 0 Å². The first-order valence-corrected chi connectivity index (χ1v) is 10.2. The smallest absolute Gasteiger partial charge is 0.192 e. The summed E-state index contributed by atoms with van der Waals surface area (Å²) in [5.74, 6) is 0. The zero-order valence-corrected chi connectivity index (χ0v) is 14.3. The molecule has 0 fully saturated rings. The minimum absolute atomic E-state index is 0.0966. The lowest BCUT2D eigenvalue weighted by atomic mass is 10.1. The van der Waals surface area contributed by atoms with Gasteiger partial charge in [-0.1, -0.05) is 51.1 Å². The minimum atomic E-state index is -1.68. The Hall–Kier alpha value is -0.903. The zero-order valence-electron chi connectivity index (χ0n) is 13.3. The van der Waals surface area contributed by atoms with Crippen LogP contribution in [0, 0.1) is 0 Å². The van der Waals surface area contributed by atoms with E-state index >= 15 is 0 Å². The van der Waals surface area contributed by atoms with E-state index < -0.39 is 8.32 Å². The molecule has 1 aliphatic rings. The molecule has 1 heterocycles. The Balaban J connectivity index is 1.95. The number of rotatable bonds is 4. The highest BCUT2D eigenvalue weighted by Crippen LogP contribution is 2.37. The van der Waals surface area contributed by atoms with E-state index in [0.29, 0.717) is 13.2 Å². The second-order valence-electron chi connectivity index (χ2n) is 6.98. The molecule has 0 radical (unpaired) electrons. The molecule has 1 aromatic carbocycles. The lowest BCUT2D eigenvalue weighted by Crippen LogP contribution is -2.42. The second kappa shape index (κ2) is 5.84. The van der Waals surface area contributed by atoms with Crippen LogP contribution in [0.4, 0.5) is 0 Å². The van der Waals surface area contributed by atoms with Crippen molar-refractivity contribution in [3.05, 3.63) is 42.0 Å². The van der Waals surface area contributed by atoms with Gasteiger partial charge in [0.2, 0.25) is 0 Å². The Bertz CT molecular complexity index is 472. The highest BCUT2D eigenvalue weighted by Gasteiger charge is 2.37. The fourth-order valence-corrected chi connectivity index (χ4v) is 2.97. The Morgan fingerprint density at radius 1 is 1.20 bits per heavy atom. The van der Waals surface area contributed by atoms with E-state index in [0.717, 1.165) is 0 Å². The van der Waals surface area contributed by atoms with Crippen LogP contribution in [0.5, 0.6) is 0 Å². The van der Waals surface area contributed by atoms with Gasteiger partial charge in [0.1, 0.15) is 0 Å². The summed E-state index contributed by atoms with van der Waals surface area (Å²) in [7, 11) is -1.68. The van der Waals surface area contributed by atoms with Crippen LogP contribution in [-0.2, 0) is 9.16 Å². The van der Waals surface area contributed by atoms with Crippen LogP contribution in [0.1, 0.15) is 26.3 Å². The molecule has 20 heavy (non-hydrogen) atoms. The summed E-state index contributed by atoms with van der Waals surface area (Å²) in [6.45, 7) is 12.7. The first-order valence-electron chi connectivity index (χ1n) is 7.31. The third-order valence-electron chi connectivity index (χ3n) is 4.40. The third kappa shape index (κ3) is 3.60. The molecule has 0 aromatic heterocycles. The van der Waals surface area contributed by atoms with E-state index in [-0.39, 0.29) is 11.1 Å². The van der Waals surface area contributed by atoms with E-state index in [1.54, 1.807) is 0 Å². The molecular formula is C17H26O2Si. The molecule has 110 valence electrons. The number of ether oxygens (including phenoxy) is 1. The molecule has 0 spiro atoms. The number of hydrogen-bond donors (Lipinski definition) is 0. The van der Waals surface area contributed by atoms with Gasteiger partial charge in [-0.05, 0) is 35.3 Å². The molecular weight excluding hydrogens is 264 g/mol. The molecule has 0 saturated heterocycles. The van der Waals surface area contributed by atoms with E-state index in [4.69, 9.17) is 9.16 Å². The van der Waals surface area contributed by atoms with Crippen molar-refractivity contribution in [1.82, 2.24) is 0 Å². The van der Waals surface area contributed by atoms with Crippen molar-refractivity contribution in [1.29, 1.82) is 0 Å². The predicted molar refractivity (Wildman–Crippen MR) is 87.3 cm³/mol. The fraction of sp³-hybridized carbons (Fsp3) is 0.529. The normalized spacial score (nSPS) is 20.1. The number of benzene rings is 1. The van der Waals surface area contributed by atoms with Gasteiger partial charge in [-0.3, -0.25) is 0 Å². The van der Waals surface area contributed by atoms with E-state index in [1.807, 2.05) is 6.07 Å². The van der Waals surface area contributed by atoms with Crippen molar-refractivity contribution < 1.29 is 9.16 Å². The van der Waals surface area contributed by atoms with Gasteiger partial charge in [0, 0.05) is 0 Å².